The molecule has 0 saturated heterocycles. The van der Waals surface area contributed by atoms with Crippen molar-refractivity contribution < 1.29 is 27.8 Å². The molecule has 0 radical (unpaired) electrons. The van der Waals surface area contributed by atoms with E-state index in [4.69, 9.17) is 9.47 Å². The van der Waals surface area contributed by atoms with Crippen molar-refractivity contribution in [1.29, 1.82) is 0 Å². The van der Waals surface area contributed by atoms with E-state index >= 15 is 0 Å². The minimum Gasteiger partial charge on any atom is -0.493 e. The third kappa shape index (κ3) is 6.09. The quantitative estimate of drug-likeness (QED) is 0.300. The molecule has 198 valence electrons. The van der Waals surface area contributed by atoms with E-state index in [-0.39, 0.29) is 36.6 Å². The number of aromatic hydroxyl groups is 1. The van der Waals surface area contributed by atoms with Gasteiger partial charge in [0.15, 0.2) is 0 Å². The van der Waals surface area contributed by atoms with Gasteiger partial charge < -0.3 is 14.6 Å². The molecule has 4 aromatic rings. The summed E-state index contributed by atoms with van der Waals surface area (Å²) in [6.45, 7) is 1.88. The molecular formula is C28H26F3N3O4. The molecule has 0 aliphatic heterocycles. The Bertz CT molecular complexity index is 1440. The fraction of sp³-hybridized carbons (Fsp3) is 0.250. The highest BCUT2D eigenvalue weighted by Crippen LogP contribution is 2.25. The van der Waals surface area contributed by atoms with Gasteiger partial charge in [0.2, 0.25) is 11.8 Å². The van der Waals surface area contributed by atoms with Gasteiger partial charge in [0.05, 0.1) is 18.2 Å². The summed E-state index contributed by atoms with van der Waals surface area (Å²) < 4.78 is 53.3. The van der Waals surface area contributed by atoms with Crippen LogP contribution in [0.15, 0.2) is 65.6 Å². The lowest BCUT2D eigenvalue weighted by atomic mass is 10.0. The summed E-state index contributed by atoms with van der Waals surface area (Å²) in [6.07, 6.45) is 1.45. The van der Waals surface area contributed by atoms with Crippen LogP contribution in [0.1, 0.15) is 35.5 Å². The first kappa shape index (κ1) is 27.0. The van der Waals surface area contributed by atoms with E-state index in [0.717, 1.165) is 29.3 Å². The van der Waals surface area contributed by atoms with Crippen molar-refractivity contribution in [3.8, 4) is 17.0 Å². The highest BCUT2D eigenvalue weighted by Gasteiger charge is 2.25. The van der Waals surface area contributed by atoms with E-state index in [0.29, 0.717) is 12.2 Å². The molecule has 2 aromatic carbocycles. The Morgan fingerprint density at radius 2 is 1.68 bits per heavy atom. The average molecular weight is 526 g/mol. The molecule has 0 spiro atoms. The highest BCUT2D eigenvalue weighted by molar-refractivity contribution is 5.62. The van der Waals surface area contributed by atoms with Gasteiger partial charge in [-0.05, 0) is 47.9 Å². The lowest BCUT2D eigenvalue weighted by Crippen LogP contribution is -2.34. The minimum absolute atomic E-state index is 0.000532. The van der Waals surface area contributed by atoms with Gasteiger partial charge in [-0.3, -0.25) is 9.36 Å². The molecule has 0 fully saturated rings. The molecule has 0 bridgehead atoms. The van der Waals surface area contributed by atoms with Crippen molar-refractivity contribution >= 4 is 0 Å². The first-order valence-corrected chi connectivity index (χ1v) is 11.9. The molecule has 0 aliphatic rings. The van der Waals surface area contributed by atoms with Gasteiger partial charge in [0, 0.05) is 38.0 Å². The number of rotatable bonds is 10. The molecule has 2 aromatic heterocycles. The Morgan fingerprint density at radius 1 is 1.00 bits per heavy atom. The van der Waals surface area contributed by atoms with Gasteiger partial charge in [-0.15, -0.1) is 0 Å². The fourth-order valence-electron chi connectivity index (χ4n) is 4.18. The molecule has 10 heteroatoms. The van der Waals surface area contributed by atoms with Crippen LogP contribution >= 0.6 is 0 Å². The van der Waals surface area contributed by atoms with Crippen molar-refractivity contribution in [3.05, 3.63) is 111 Å². The van der Waals surface area contributed by atoms with E-state index in [2.05, 4.69) is 9.97 Å². The lowest BCUT2D eigenvalue weighted by Gasteiger charge is -2.24. The van der Waals surface area contributed by atoms with E-state index in [1.807, 2.05) is 0 Å². The lowest BCUT2D eigenvalue weighted by molar-refractivity contribution is 0.116. The van der Waals surface area contributed by atoms with Crippen molar-refractivity contribution in [3.63, 3.8) is 0 Å². The van der Waals surface area contributed by atoms with Crippen molar-refractivity contribution in [2.24, 2.45) is 0 Å². The van der Waals surface area contributed by atoms with Crippen molar-refractivity contribution in [2.75, 3.05) is 20.3 Å². The van der Waals surface area contributed by atoms with Gasteiger partial charge in [-0.2, -0.15) is 9.37 Å². The van der Waals surface area contributed by atoms with E-state index < -0.39 is 35.1 Å². The Hall–Kier alpha value is -4.02. The number of hydrogen-bond acceptors (Lipinski definition) is 6. The topological polar surface area (TPSA) is 86.5 Å². The Kier molecular flexibility index (Phi) is 8.55. The number of aromatic nitrogens is 3. The van der Waals surface area contributed by atoms with Gasteiger partial charge in [0.25, 0.3) is 5.56 Å². The number of pyridine rings is 1. The van der Waals surface area contributed by atoms with Gasteiger partial charge >= 0.3 is 0 Å². The Balaban J connectivity index is 1.76. The first-order valence-electron chi connectivity index (χ1n) is 11.9. The molecule has 0 amide bonds. The molecule has 2 heterocycles. The normalized spacial score (nSPS) is 12.0. The van der Waals surface area contributed by atoms with Crippen molar-refractivity contribution in [2.45, 2.75) is 26.0 Å². The predicted molar refractivity (Wildman–Crippen MR) is 134 cm³/mol. The van der Waals surface area contributed by atoms with Gasteiger partial charge in [0.1, 0.15) is 24.1 Å². The standard InChI is InChI=1S/C28H26F3N3O4/c1-3-38-16-26-33-27(35)23(10-17-4-6-18(7-5-17)19-8-9-25(31)32-14-19)28(36)34(26)24(15-37-2)20-11-21(29)13-22(30)12-20/h4-9,11-14,24,35H,3,10,15-16H2,1-2H3. The van der Waals surface area contributed by atoms with Crippen LogP contribution in [0.3, 0.4) is 0 Å². The monoisotopic (exact) mass is 525 g/mol. The smallest absolute Gasteiger partial charge is 0.261 e. The van der Waals surface area contributed by atoms with Crippen molar-refractivity contribution in [1.82, 2.24) is 14.5 Å². The Morgan fingerprint density at radius 3 is 2.29 bits per heavy atom. The zero-order valence-electron chi connectivity index (χ0n) is 20.8. The van der Waals surface area contributed by atoms with Crippen LogP contribution in [-0.2, 0) is 22.5 Å². The molecule has 7 nitrogen and oxygen atoms in total. The first-order chi connectivity index (χ1) is 18.3. The number of hydrogen-bond donors (Lipinski definition) is 1. The van der Waals surface area contributed by atoms with E-state index in [1.54, 1.807) is 37.3 Å². The fourth-order valence-corrected chi connectivity index (χ4v) is 4.18. The summed E-state index contributed by atoms with van der Waals surface area (Å²) in [4.78, 5) is 21.7. The molecular weight excluding hydrogens is 499 g/mol. The SMILES string of the molecule is CCOCc1nc(O)c(Cc2ccc(-c3ccc(F)nc3)cc2)c(=O)n1C(COC)c1cc(F)cc(F)c1. The van der Waals surface area contributed by atoms with Gasteiger partial charge in [-0.1, -0.05) is 24.3 Å². The van der Waals surface area contributed by atoms with Crippen LogP contribution in [-0.4, -0.2) is 40.0 Å². The summed E-state index contributed by atoms with van der Waals surface area (Å²) in [7, 11) is 1.41. The number of benzene rings is 2. The van der Waals surface area contributed by atoms with Gasteiger partial charge in [-0.25, -0.2) is 13.8 Å². The number of ether oxygens (including phenoxy) is 2. The van der Waals surface area contributed by atoms with Crippen LogP contribution in [0.2, 0.25) is 0 Å². The maximum atomic E-state index is 14.1. The largest absolute Gasteiger partial charge is 0.493 e. The third-order valence-corrected chi connectivity index (χ3v) is 6.00. The zero-order valence-corrected chi connectivity index (χ0v) is 20.8. The molecule has 38 heavy (non-hydrogen) atoms. The third-order valence-electron chi connectivity index (χ3n) is 6.00. The molecule has 1 N–H and O–H groups in total. The van der Waals surface area contributed by atoms with Crippen LogP contribution in [0.4, 0.5) is 13.2 Å². The highest BCUT2D eigenvalue weighted by atomic mass is 19.1. The zero-order chi connectivity index (χ0) is 27.2. The van der Waals surface area contributed by atoms with Crippen LogP contribution < -0.4 is 5.56 Å². The molecule has 0 saturated carbocycles. The molecule has 0 aliphatic carbocycles. The van der Waals surface area contributed by atoms with Crippen LogP contribution in [0.5, 0.6) is 5.88 Å². The summed E-state index contributed by atoms with van der Waals surface area (Å²) in [5.41, 5.74) is 1.78. The number of nitrogens with zero attached hydrogens (tertiary/aromatic N) is 3. The summed E-state index contributed by atoms with van der Waals surface area (Å²) in [6, 6.07) is 12.0. The van der Waals surface area contributed by atoms with E-state index in [9.17, 15) is 23.1 Å². The average Bonchev–Trinajstić information content (AvgIpc) is 2.89. The maximum Gasteiger partial charge on any atom is 0.261 e. The second kappa shape index (κ2) is 12.0. The van der Waals surface area contributed by atoms with Crippen LogP contribution in [0, 0.1) is 17.6 Å². The van der Waals surface area contributed by atoms with E-state index in [1.165, 1.54) is 23.9 Å². The van der Waals surface area contributed by atoms with Crippen LogP contribution in [0.25, 0.3) is 11.1 Å². The Labute approximate surface area is 217 Å². The summed E-state index contributed by atoms with van der Waals surface area (Å²) in [5, 5.41) is 10.7. The predicted octanol–water partition coefficient (Wildman–Crippen LogP) is 4.79. The summed E-state index contributed by atoms with van der Waals surface area (Å²) >= 11 is 0. The second-order valence-electron chi connectivity index (χ2n) is 8.56. The number of halogens is 3. The number of methoxy groups -OCH3 is 1. The maximum absolute atomic E-state index is 14.1. The summed E-state index contributed by atoms with van der Waals surface area (Å²) in [5.74, 6) is -2.56. The second-order valence-corrected chi connectivity index (χ2v) is 8.56. The minimum atomic E-state index is -0.937. The molecule has 1 atom stereocenters. The molecule has 1 unspecified atom stereocenters. The molecule has 4 rings (SSSR count).